The average Bonchev–Trinajstić information content (AvgIpc) is 2.39. The summed E-state index contributed by atoms with van der Waals surface area (Å²) in [4.78, 5) is 12.1. The molecule has 2 aromatic carbocycles. The van der Waals surface area contributed by atoms with Crippen molar-refractivity contribution in [1.82, 2.24) is 0 Å². The van der Waals surface area contributed by atoms with Crippen molar-refractivity contribution in [2.24, 2.45) is 0 Å². The average molecular weight is 311 g/mol. The molecule has 0 aromatic heterocycles. The highest BCUT2D eigenvalue weighted by Gasteiger charge is 2.09. The van der Waals surface area contributed by atoms with Crippen LogP contribution < -0.4 is 15.8 Å². The second kappa shape index (κ2) is 6.03. The fraction of sp³-hybridized carbons (Fsp3) is 0.0714. The Labute approximate surface area is 126 Å². The van der Waals surface area contributed by atoms with Gasteiger partial charge in [-0.1, -0.05) is 23.2 Å². The third-order valence-electron chi connectivity index (χ3n) is 2.59. The first kappa shape index (κ1) is 14.5. The lowest BCUT2D eigenvalue weighted by Crippen LogP contribution is -2.12. The van der Waals surface area contributed by atoms with Gasteiger partial charge in [0.1, 0.15) is 5.75 Å². The highest BCUT2D eigenvalue weighted by molar-refractivity contribution is 6.32. The Balaban J connectivity index is 2.23. The number of carbonyl (C=O) groups is 1. The van der Waals surface area contributed by atoms with E-state index in [1.54, 1.807) is 36.4 Å². The van der Waals surface area contributed by atoms with E-state index < -0.39 is 0 Å². The van der Waals surface area contributed by atoms with E-state index in [4.69, 9.17) is 33.7 Å². The summed E-state index contributed by atoms with van der Waals surface area (Å²) in [7, 11) is 1.50. The standard InChI is InChI=1S/C14H12Cl2N2O2/c1-20-13-7-11(2-3-12(13)16)18-14(19)8-4-9(15)6-10(17)5-8/h2-7H,17H2,1H3,(H,18,19). The Kier molecular flexibility index (Phi) is 4.37. The molecule has 0 bridgehead atoms. The molecular weight excluding hydrogens is 299 g/mol. The van der Waals surface area contributed by atoms with Gasteiger partial charge in [-0.3, -0.25) is 4.79 Å². The van der Waals surface area contributed by atoms with Crippen LogP contribution >= 0.6 is 23.2 Å². The van der Waals surface area contributed by atoms with Gasteiger partial charge < -0.3 is 15.8 Å². The maximum Gasteiger partial charge on any atom is 0.255 e. The number of nitrogens with two attached hydrogens (primary N) is 1. The topological polar surface area (TPSA) is 64.3 Å². The van der Waals surface area contributed by atoms with E-state index in [2.05, 4.69) is 5.32 Å². The zero-order valence-corrected chi connectivity index (χ0v) is 12.1. The normalized spacial score (nSPS) is 10.2. The maximum absolute atomic E-state index is 12.1. The Morgan fingerprint density at radius 2 is 1.95 bits per heavy atom. The van der Waals surface area contributed by atoms with Crippen LogP contribution in [0.15, 0.2) is 36.4 Å². The van der Waals surface area contributed by atoms with Crippen LogP contribution in [0.5, 0.6) is 5.75 Å². The zero-order valence-electron chi connectivity index (χ0n) is 10.6. The van der Waals surface area contributed by atoms with E-state index in [1.807, 2.05) is 0 Å². The van der Waals surface area contributed by atoms with Crippen LogP contribution in [0.25, 0.3) is 0 Å². The Morgan fingerprint density at radius 1 is 1.20 bits per heavy atom. The minimum Gasteiger partial charge on any atom is -0.495 e. The number of halogens is 2. The molecule has 0 aliphatic rings. The number of methoxy groups -OCH3 is 1. The molecule has 2 rings (SSSR count). The van der Waals surface area contributed by atoms with Gasteiger partial charge in [-0.2, -0.15) is 0 Å². The van der Waals surface area contributed by atoms with E-state index in [9.17, 15) is 4.79 Å². The molecule has 4 nitrogen and oxygen atoms in total. The first-order valence-electron chi connectivity index (χ1n) is 5.70. The summed E-state index contributed by atoms with van der Waals surface area (Å²) in [5.74, 6) is 0.165. The molecule has 0 radical (unpaired) electrons. The molecule has 0 saturated carbocycles. The molecule has 0 aliphatic heterocycles. The van der Waals surface area contributed by atoms with Crippen LogP contribution in [-0.2, 0) is 0 Å². The lowest BCUT2D eigenvalue weighted by atomic mass is 10.2. The fourth-order valence-corrected chi connectivity index (χ4v) is 2.12. The van der Waals surface area contributed by atoms with Crippen LogP contribution in [0.4, 0.5) is 11.4 Å². The van der Waals surface area contributed by atoms with Gasteiger partial charge in [-0.15, -0.1) is 0 Å². The summed E-state index contributed by atoms with van der Waals surface area (Å²) >= 11 is 11.8. The number of ether oxygens (including phenoxy) is 1. The molecule has 0 heterocycles. The number of nitrogens with one attached hydrogen (secondary N) is 1. The summed E-state index contributed by atoms with van der Waals surface area (Å²) in [5.41, 5.74) is 7.02. The number of hydrogen-bond donors (Lipinski definition) is 2. The molecular formula is C14H12Cl2N2O2. The van der Waals surface area contributed by atoms with Crippen molar-refractivity contribution >= 4 is 40.5 Å². The molecule has 0 aliphatic carbocycles. The molecule has 2 aromatic rings. The number of nitrogen functional groups attached to an aromatic ring is 1. The molecule has 6 heteroatoms. The lowest BCUT2D eigenvalue weighted by molar-refractivity contribution is 0.102. The number of rotatable bonds is 3. The predicted molar refractivity (Wildman–Crippen MR) is 81.8 cm³/mol. The smallest absolute Gasteiger partial charge is 0.255 e. The highest BCUT2D eigenvalue weighted by atomic mass is 35.5. The molecule has 0 unspecified atom stereocenters. The largest absolute Gasteiger partial charge is 0.495 e. The third-order valence-corrected chi connectivity index (χ3v) is 3.12. The second-order valence-corrected chi connectivity index (χ2v) is 4.92. The van der Waals surface area contributed by atoms with Gasteiger partial charge >= 0.3 is 0 Å². The van der Waals surface area contributed by atoms with Crippen molar-refractivity contribution in [3.05, 3.63) is 52.0 Å². The number of anilines is 2. The van der Waals surface area contributed by atoms with Crippen molar-refractivity contribution in [2.75, 3.05) is 18.2 Å². The summed E-state index contributed by atoms with van der Waals surface area (Å²) in [6, 6.07) is 9.62. The summed E-state index contributed by atoms with van der Waals surface area (Å²) < 4.78 is 5.09. The van der Waals surface area contributed by atoms with Crippen LogP contribution in [0.2, 0.25) is 10.0 Å². The zero-order chi connectivity index (χ0) is 14.7. The van der Waals surface area contributed by atoms with Crippen molar-refractivity contribution in [3.63, 3.8) is 0 Å². The summed E-state index contributed by atoms with van der Waals surface area (Å²) in [5, 5.41) is 3.60. The van der Waals surface area contributed by atoms with Crippen molar-refractivity contribution < 1.29 is 9.53 Å². The van der Waals surface area contributed by atoms with Crippen molar-refractivity contribution in [3.8, 4) is 5.75 Å². The first-order chi connectivity index (χ1) is 9.49. The minimum atomic E-state index is -0.316. The van der Waals surface area contributed by atoms with E-state index in [0.717, 1.165) is 0 Å². The molecule has 20 heavy (non-hydrogen) atoms. The number of hydrogen-bond acceptors (Lipinski definition) is 3. The SMILES string of the molecule is COc1cc(NC(=O)c2cc(N)cc(Cl)c2)ccc1Cl. The Morgan fingerprint density at radius 3 is 2.60 bits per heavy atom. The van der Waals surface area contributed by atoms with Gasteiger partial charge in [-0.25, -0.2) is 0 Å². The minimum absolute atomic E-state index is 0.316. The van der Waals surface area contributed by atoms with E-state index in [-0.39, 0.29) is 5.91 Å². The molecule has 0 atom stereocenters. The monoisotopic (exact) mass is 310 g/mol. The Hall–Kier alpha value is -1.91. The van der Waals surface area contributed by atoms with Crippen molar-refractivity contribution in [2.45, 2.75) is 0 Å². The fourth-order valence-electron chi connectivity index (χ4n) is 1.68. The summed E-state index contributed by atoms with van der Waals surface area (Å²) in [6.45, 7) is 0. The van der Waals surface area contributed by atoms with E-state index >= 15 is 0 Å². The van der Waals surface area contributed by atoms with Gasteiger partial charge in [0, 0.05) is 28.0 Å². The number of amides is 1. The molecule has 0 saturated heterocycles. The lowest BCUT2D eigenvalue weighted by Gasteiger charge is -2.09. The van der Waals surface area contributed by atoms with Crippen molar-refractivity contribution in [1.29, 1.82) is 0 Å². The van der Waals surface area contributed by atoms with Gasteiger partial charge in [0.15, 0.2) is 0 Å². The van der Waals surface area contributed by atoms with Crippen LogP contribution in [0.3, 0.4) is 0 Å². The second-order valence-electron chi connectivity index (χ2n) is 4.08. The van der Waals surface area contributed by atoms with Gasteiger partial charge in [0.25, 0.3) is 5.91 Å². The van der Waals surface area contributed by atoms with Crippen LogP contribution in [0, 0.1) is 0 Å². The first-order valence-corrected chi connectivity index (χ1v) is 6.46. The van der Waals surface area contributed by atoms with Gasteiger partial charge in [0.05, 0.1) is 12.1 Å². The third kappa shape index (κ3) is 3.35. The highest BCUT2D eigenvalue weighted by Crippen LogP contribution is 2.27. The van der Waals surface area contributed by atoms with Gasteiger partial charge in [-0.05, 0) is 30.3 Å². The predicted octanol–water partition coefficient (Wildman–Crippen LogP) is 3.84. The molecule has 1 amide bonds. The van der Waals surface area contributed by atoms with E-state index in [1.165, 1.54) is 7.11 Å². The molecule has 0 spiro atoms. The Bertz CT molecular complexity index is 639. The quantitative estimate of drug-likeness (QED) is 0.847. The van der Waals surface area contributed by atoms with Crippen LogP contribution in [0.1, 0.15) is 10.4 Å². The maximum atomic E-state index is 12.1. The molecule has 104 valence electrons. The number of benzene rings is 2. The molecule has 3 N–H and O–H groups in total. The molecule has 0 fully saturated rings. The van der Waals surface area contributed by atoms with Gasteiger partial charge in [0.2, 0.25) is 0 Å². The number of carbonyl (C=O) groups excluding carboxylic acids is 1. The van der Waals surface area contributed by atoms with Crippen LogP contribution in [-0.4, -0.2) is 13.0 Å². The van der Waals surface area contributed by atoms with E-state index in [0.29, 0.717) is 32.7 Å². The summed E-state index contributed by atoms with van der Waals surface area (Å²) in [6.07, 6.45) is 0.